The first kappa shape index (κ1) is 13.3. The number of halogens is 1. The van der Waals surface area contributed by atoms with Gasteiger partial charge in [-0.1, -0.05) is 34.1 Å². The van der Waals surface area contributed by atoms with Crippen LogP contribution >= 0.6 is 15.9 Å². The fourth-order valence-electron chi connectivity index (χ4n) is 1.63. The predicted octanol–water partition coefficient (Wildman–Crippen LogP) is 2.06. The summed E-state index contributed by atoms with van der Waals surface area (Å²) >= 11 is 3.48. The van der Waals surface area contributed by atoms with E-state index >= 15 is 0 Å². The zero-order chi connectivity index (χ0) is 13.7. The first-order valence-electron chi connectivity index (χ1n) is 5.68. The summed E-state index contributed by atoms with van der Waals surface area (Å²) in [6, 6.07) is 11.3. The van der Waals surface area contributed by atoms with Gasteiger partial charge >= 0.3 is 5.69 Å². The molecule has 0 spiro atoms. The highest BCUT2D eigenvalue weighted by atomic mass is 79.9. The molecule has 0 aliphatic rings. The van der Waals surface area contributed by atoms with Crippen molar-refractivity contribution in [2.75, 3.05) is 11.9 Å². The fourth-order valence-corrected chi connectivity index (χ4v) is 2.12. The zero-order valence-corrected chi connectivity index (χ0v) is 11.6. The van der Waals surface area contributed by atoms with E-state index in [0.717, 1.165) is 10.9 Å². The van der Waals surface area contributed by atoms with Gasteiger partial charge in [0, 0.05) is 17.1 Å². The minimum Gasteiger partial charge on any atom is -0.369 e. The monoisotopic (exact) mass is 318 g/mol. The molecule has 5 nitrogen and oxygen atoms in total. The normalized spacial score (nSPS) is 9.89. The molecule has 0 atom stereocenters. The maximum absolute atomic E-state index is 11.2. The lowest BCUT2D eigenvalue weighted by Crippen LogP contribution is -2.16. The number of aromatic nitrogens is 2. The molecule has 2 aromatic rings. The van der Waals surface area contributed by atoms with Crippen molar-refractivity contribution in [3.63, 3.8) is 0 Å². The van der Waals surface area contributed by atoms with Gasteiger partial charge in [0.25, 0.3) is 0 Å². The van der Waals surface area contributed by atoms with E-state index in [1.165, 1.54) is 11.6 Å². The van der Waals surface area contributed by atoms with Crippen molar-refractivity contribution in [1.29, 1.82) is 5.26 Å². The summed E-state index contributed by atoms with van der Waals surface area (Å²) in [6.07, 6.45) is 0.789. The van der Waals surface area contributed by atoms with Crippen LogP contribution in [0.3, 0.4) is 0 Å². The van der Waals surface area contributed by atoms with E-state index in [1.54, 1.807) is 0 Å². The summed E-state index contributed by atoms with van der Waals surface area (Å²) in [6.45, 7) is 0.629. The lowest BCUT2D eigenvalue weighted by Gasteiger charge is -2.06. The maximum atomic E-state index is 11.2. The highest BCUT2D eigenvalue weighted by molar-refractivity contribution is 9.10. The molecule has 19 heavy (non-hydrogen) atoms. The Morgan fingerprint density at radius 3 is 2.95 bits per heavy atom. The van der Waals surface area contributed by atoms with Crippen molar-refractivity contribution in [2.24, 2.45) is 0 Å². The fraction of sp³-hybridized carbons (Fsp3) is 0.154. The van der Waals surface area contributed by atoms with E-state index in [1.807, 2.05) is 30.3 Å². The van der Waals surface area contributed by atoms with Crippen LogP contribution in [-0.2, 0) is 6.42 Å². The van der Waals surface area contributed by atoms with Gasteiger partial charge in [0.1, 0.15) is 17.6 Å². The van der Waals surface area contributed by atoms with E-state index in [-0.39, 0.29) is 5.69 Å². The summed E-state index contributed by atoms with van der Waals surface area (Å²) in [4.78, 5) is 17.3. The Morgan fingerprint density at radius 2 is 2.21 bits per heavy atom. The Hall–Kier alpha value is -2.13. The van der Waals surface area contributed by atoms with E-state index < -0.39 is 5.69 Å². The van der Waals surface area contributed by atoms with Crippen LogP contribution in [0.15, 0.2) is 39.6 Å². The topological polar surface area (TPSA) is 81.6 Å². The van der Waals surface area contributed by atoms with Gasteiger partial charge in [-0.05, 0) is 18.1 Å². The number of hydrogen-bond donors (Lipinski definition) is 2. The van der Waals surface area contributed by atoms with Crippen LogP contribution in [0.1, 0.15) is 11.3 Å². The van der Waals surface area contributed by atoms with Crippen molar-refractivity contribution in [3.8, 4) is 6.07 Å². The van der Waals surface area contributed by atoms with Crippen LogP contribution in [0.25, 0.3) is 0 Å². The van der Waals surface area contributed by atoms with Gasteiger partial charge in [-0.3, -0.25) is 4.98 Å². The van der Waals surface area contributed by atoms with Gasteiger partial charge in [0.2, 0.25) is 0 Å². The van der Waals surface area contributed by atoms with Crippen molar-refractivity contribution in [2.45, 2.75) is 6.42 Å². The SMILES string of the molecule is N#Cc1cc(NCCc2ccccc2Br)nc(=O)[nH]1. The van der Waals surface area contributed by atoms with Gasteiger partial charge in [-0.25, -0.2) is 4.79 Å². The highest BCUT2D eigenvalue weighted by Gasteiger charge is 2.01. The van der Waals surface area contributed by atoms with Crippen LogP contribution in [0.2, 0.25) is 0 Å². The van der Waals surface area contributed by atoms with Gasteiger partial charge in [-0.15, -0.1) is 0 Å². The van der Waals surface area contributed by atoms with Gasteiger partial charge in [-0.2, -0.15) is 10.2 Å². The first-order valence-corrected chi connectivity index (χ1v) is 6.47. The molecular formula is C13H11BrN4O. The van der Waals surface area contributed by atoms with Crippen LogP contribution in [-0.4, -0.2) is 16.5 Å². The largest absolute Gasteiger partial charge is 0.369 e. The third-order valence-electron chi connectivity index (χ3n) is 2.52. The molecule has 96 valence electrons. The van der Waals surface area contributed by atoms with E-state index in [4.69, 9.17) is 5.26 Å². The van der Waals surface area contributed by atoms with E-state index in [2.05, 4.69) is 31.2 Å². The predicted molar refractivity (Wildman–Crippen MR) is 75.9 cm³/mol. The molecule has 1 aromatic carbocycles. The molecule has 0 radical (unpaired) electrons. The molecule has 1 heterocycles. The number of benzene rings is 1. The minimum atomic E-state index is -0.526. The smallest absolute Gasteiger partial charge is 0.347 e. The number of nitrogens with zero attached hydrogens (tertiary/aromatic N) is 2. The average Bonchev–Trinajstić information content (AvgIpc) is 2.40. The molecule has 2 N–H and O–H groups in total. The second kappa shape index (κ2) is 6.16. The molecule has 0 saturated carbocycles. The molecule has 2 rings (SSSR count). The number of nitrogens with one attached hydrogen (secondary N) is 2. The second-order valence-corrected chi connectivity index (χ2v) is 4.72. The van der Waals surface area contributed by atoms with Crippen LogP contribution in [0.4, 0.5) is 5.82 Å². The second-order valence-electron chi connectivity index (χ2n) is 3.87. The Morgan fingerprint density at radius 1 is 1.42 bits per heavy atom. The third-order valence-corrected chi connectivity index (χ3v) is 3.30. The minimum absolute atomic E-state index is 0.198. The lowest BCUT2D eigenvalue weighted by molar-refractivity contribution is 0.976. The maximum Gasteiger partial charge on any atom is 0.347 e. The summed E-state index contributed by atoms with van der Waals surface area (Å²) in [7, 11) is 0. The van der Waals surface area contributed by atoms with Gasteiger partial charge < -0.3 is 5.32 Å². The molecule has 0 fully saturated rings. The molecule has 0 amide bonds. The molecule has 0 aliphatic carbocycles. The molecule has 0 aliphatic heterocycles. The molecular weight excluding hydrogens is 308 g/mol. The van der Waals surface area contributed by atoms with Crippen molar-refractivity contribution in [3.05, 3.63) is 56.5 Å². The zero-order valence-electron chi connectivity index (χ0n) is 9.98. The highest BCUT2D eigenvalue weighted by Crippen LogP contribution is 2.16. The van der Waals surface area contributed by atoms with Crippen LogP contribution in [0.5, 0.6) is 0 Å². The van der Waals surface area contributed by atoms with Crippen molar-refractivity contribution < 1.29 is 0 Å². The Bertz CT molecular complexity index is 675. The Kier molecular flexibility index (Phi) is 4.31. The number of H-pyrrole nitrogens is 1. The average molecular weight is 319 g/mol. The summed E-state index contributed by atoms with van der Waals surface area (Å²) in [5.74, 6) is 0.410. The van der Waals surface area contributed by atoms with E-state index in [0.29, 0.717) is 12.4 Å². The lowest BCUT2D eigenvalue weighted by atomic mass is 10.1. The number of nitriles is 1. The molecule has 0 bridgehead atoms. The van der Waals surface area contributed by atoms with E-state index in [9.17, 15) is 4.79 Å². The number of rotatable bonds is 4. The quantitative estimate of drug-likeness (QED) is 0.904. The Balaban J connectivity index is 2.00. The van der Waals surface area contributed by atoms with Crippen molar-refractivity contribution in [1.82, 2.24) is 9.97 Å². The number of hydrogen-bond acceptors (Lipinski definition) is 4. The van der Waals surface area contributed by atoms with Crippen LogP contribution < -0.4 is 11.0 Å². The number of aromatic amines is 1. The molecule has 1 aromatic heterocycles. The summed E-state index contributed by atoms with van der Waals surface area (Å²) in [5.41, 5.74) is 0.839. The standard InChI is InChI=1S/C13H11BrN4O/c14-11-4-2-1-3-9(11)5-6-16-12-7-10(8-15)17-13(19)18-12/h1-4,7H,5-6H2,(H2,16,17,18,19). The van der Waals surface area contributed by atoms with Crippen LogP contribution in [0, 0.1) is 11.3 Å². The Labute approximate surface area is 118 Å². The molecule has 0 unspecified atom stereocenters. The summed E-state index contributed by atoms with van der Waals surface area (Å²) in [5, 5.41) is 11.8. The molecule has 6 heteroatoms. The number of anilines is 1. The summed E-state index contributed by atoms with van der Waals surface area (Å²) < 4.78 is 1.05. The first-order chi connectivity index (χ1) is 9.19. The third kappa shape index (κ3) is 3.66. The van der Waals surface area contributed by atoms with Gasteiger partial charge in [0.15, 0.2) is 0 Å². The van der Waals surface area contributed by atoms with Gasteiger partial charge in [0.05, 0.1) is 0 Å². The molecule has 0 saturated heterocycles. The van der Waals surface area contributed by atoms with Crippen molar-refractivity contribution >= 4 is 21.7 Å².